The van der Waals surface area contributed by atoms with E-state index in [1.807, 2.05) is 28.4 Å². The van der Waals surface area contributed by atoms with Crippen LogP contribution in [0.5, 0.6) is 0 Å². The van der Waals surface area contributed by atoms with Crippen LogP contribution in [0.15, 0.2) is 42.3 Å². The number of pyridine rings is 1. The van der Waals surface area contributed by atoms with E-state index in [1.165, 1.54) is 0 Å². The van der Waals surface area contributed by atoms with E-state index in [4.69, 9.17) is 4.98 Å². The van der Waals surface area contributed by atoms with Crippen LogP contribution in [0.3, 0.4) is 0 Å². The molecule has 0 N–H and O–H groups in total. The Morgan fingerprint density at radius 3 is 2.95 bits per heavy atom. The van der Waals surface area contributed by atoms with Gasteiger partial charge in [0, 0.05) is 36.9 Å². The van der Waals surface area contributed by atoms with Crippen LogP contribution >= 0.6 is 11.3 Å². The molecule has 0 radical (unpaired) electrons. The van der Waals surface area contributed by atoms with E-state index in [1.54, 1.807) is 29.9 Å². The number of aryl methyl sites for hydroxylation is 1. The van der Waals surface area contributed by atoms with Crippen molar-refractivity contribution in [1.29, 1.82) is 0 Å². The van der Waals surface area contributed by atoms with E-state index < -0.39 is 0 Å². The minimum atomic E-state index is 0.710. The fourth-order valence-electron chi connectivity index (χ4n) is 2.63. The lowest BCUT2D eigenvalue weighted by molar-refractivity contribution is 0.714. The van der Waals surface area contributed by atoms with Gasteiger partial charge in [0.2, 0.25) is 5.13 Å². The summed E-state index contributed by atoms with van der Waals surface area (Å²) in [6, 6.07) is 3.96. The molecule has 0 aliphatic carbocycles. The zero-order valence-corrected chi connectivity index (χ0v) is 12.9. The predicted molar refractivity (Wildman–Crippen MR) is 85.2 cm³/mol. The van der Waals surface area contributed by atoms with Crippen molar-refractivity contribution < 1.29 is 0 Å². The molecule has 7 heteroatoms. The number of hydrogen-bond acceptors (Lipinski definition) is 5. The first kappa shape index (κ1) is 13.1. The Balaban J connectivity index is 1.77. The number of nitrogens with zero attached hydrogens (tertiary/aromatic N) is 6. The van der Waals surface area contributed by atoms with Gasteiger partial charge in [0.1, 0.15) is 5.82 Å². The summed E-state index contributed by atoms with van der Waals surface area (Å²) in [7, 11) is 0. The molecule has 6 nitrogen and oxygen atoms in total. The molecule has 0 spiro atoms. The molecular formula is C15H14N6S. The van der Waals surface area contributed by atoms with Crippen LogP contribution in [0, 0.1) is 0 Å². The second-order valence-corrected chi connectivity index (χ2v) is 5.74. The highest BCUT2D eigenvalue weighted by Gasteiger charge is 2.14. The highest BCUT2D eigenvalue weighted by molar-refractivity contribution is 7.12. The van der Waals surface area contributed by atoms with Crippen LogP contribution in [-0.2, 0) is 13.0 Å². The van der Waals surface area contributed by atoms with Crippen LogP contribution in [0.2, 0.25) is 0 Å². The zero-order chi connectivity index (χ0) is 14.9. The number of fused-ring (bicyclic) bond motifs is 1. The lowest BCUT2D eigenvalue weighted by Gasteiger charge is -2.07. The molecule has 0 fully saturated rings. The summed E-state index contributed by atoms with van der Waals surface area (Å²) in [5.74, 6) is 1.02. The highest BCUT2D eigenvalue weighted by Crippen LogP contribution is 2.19. The van der Waals surface area contributed by atoms with Crippen molar-refractivity contribution in [1.82, 2.24) is 29.3 Å². The lowest BCUT2D eigenvalue weighted by atomic mass is 10.3. The number of thiazole rings is 1. The van der Waals surface area contributed by atoms with Gasteiger partial charge in [0.25, 0.3) is 0 Å². The Bertz CT molecular complexity index is 905. The minimum Gasteiger partial charge on any atom is -0.327 e. The number of imidazole rings is 1. The van der Waals surface area contributed by atoms with Crippen molar-refractivity contribution in [2.45, 2.75) is 19.9 Å². The summed E-state index contributed by atoms with van der Waals surface area (Å²) in [5.41, 5.74) is 3.13. The molecule has 4 aromatic heterocycles. The fraction of sp³-hybridized carbons (Fsp3) is 0.200. The SMILES string of the molecule is CCn1c(Cc2ccnn2-c2nccs2)nc2ccncc21. The largest absolute Gasteiger partial charge is 0.327 e. The molecule has 0 saturated heterocycles. The van der Waals surface area contributed by atoms with Crippen molar-refractivity contribution >= 4 is 22.4 Å². The van der Waals surface area contributed by atoms with Crippen molar-refractivity contribution in [2.24, 2.45) is 0 Å². The third kappa shape index (κ3) is 2.10. The Kier molecular flexibility index (Phi) is 3.19. The van der Waals surface area contributed by atoms with Crippen molar-refractivity contribution in [3.8, 4) is 5.13 Å². The van der Waals surface area contributed by atoms with Crippen LogP contribution < -0.4 is 0 Å². The van der Waals surface area contributed by atoms with Crippen molar-refractivity contribution in [3.63, 3.8) is 0 Å². The van der Waals surface area contributed by atoms with E-state index in [0.717, 1.165) is 34.2 Å². The van der Waals surface area contributed by atoms with E-state index >= 15 is 0 Å². The van der Waals surface area contributed by atoms with Gasteiger partial charge in [0.05, 0.1) is 22.9 Å². The summed E-state index contributed by atoms with van der Waals surface area (Å²) in [4.78, 5) is 13.3. The summed E-state index contributed by atoms with van der Waals surface area (Å²) in [6.07, 6.45) is 7.95. The highest BCUT2D eigenvalue weighted by atomic mass is 32.1. The van der Waals surface area contributed by atoms with Gasteiger partial charge >= 0.3 is 0 Å². The van der Waals surface area contributed by atoms with Gasteiger partial charge < -0.3 is 4.57 Å². The van der Waals surface area contributed by atoms with Crippen LogP contribution in [0.25, 0.3) is 16.2 Å². The molecule has 4 heterocycles. The van der Waals surface area contributed by atoms with E-state index in [9.17, 15) is 0 Å². The molecule has 0 unspecified atom stereocenters. The van der Waals surface area contributed by atoms with E-state index in [-0.39, 0.29) is 0 Å². The molecule has 0 atom stereocenters. The van der Waals surface area contributed by atoms with Gasteiger partial charge in [-0.3, -0.25) is 4.98 Å². The Hall–Kier alpha value is -2.54. The zero-order valence-electron chi connectivity index (χ0n) is 12.0. The lowest BCUT2D eigenvalue weighted by Crippen LogP contribution is -2.07. The maximum Gasteiger partial charge on any atom is 0.210 e. The molecule has 0 aliphatic rings. The number of rotatable bonds is 4. The molecule has 110 valence electrons. The van der Waals surface area contributed by atoms with Crippen LogP contribution in [0.4, 0.5) is 0 Å². The Morgan fingerprint density at radius 2 is 2.14 bits per heavy atom. The Labute approximate surface area is 131 Å². The van der Waals surface area contributed by atoms with E-state index in [0.29, 0.717) is 6.42 Å². The van der Waals surface area contributed by atoms with Gasteiger partial charge in [-0.1, -0.05) is 0 Å². The minimum absolute atomic E-state index is 0.710. The second kappa shape index (κ2) is 5.34. The maximum atomic E-state index is 4.75. The standard InChI is InChI=1S/C15H14N6S/c1-2-20-13-10-16-5-4-12(13)19-14(20)9-11-3-6-18-21(11)15-17-7-8-22-15/h3-8,10H,2,9H2,1H3. The molecule has 22 heavy (non-hydrogen) atoms. The summed E-state index contributed by atoms with van der Waals surface area (Å²) >= 11 is 1.57. The first-order valence-electron chi connectivity index (χ1n) is 7.08. The molecule has 4 rings (SSSR count). The quantitative estimate of drug-likeness (QED) is 0.581. The second-order valence-electron chi connectivity index (χ2n) is 4.86. The van der Waals surface area contributed by atoms with Gasteiger partial charge in [-0.05, 0) is 19.1 Å². The fourth-order valence-corrected chi connectivity index (χ4v) is 3.26. The van der Waals surface area contributed by atoms with E-state index in [2.05, 4.69) is 26.6 Å². The number of aromatic nitrogens is 6. The molecule has 0 aliphatic heterocycles. The summed E-state index contributed by atoms with van der Waals surface area (Å²) in [5, 5.41) is 7.21. The maximum absolute atomic E-state index is 4.75. The predicted octanol–water partition coefficient (Wildman–Crippen LogP) is 2.68. The van der Waals surface area contributed by atoms with Crippen LogP contribution in [-0.4, -0.2) is 29.3 Å². The first-order chi connectivity index (χ1) is 10.9. The van der Waals surface area contributed by atoms with Gasteiger partial charge in [-0.15, -0.1) is 11.3 Å². The monoisotopic (exact) mass is 310 g/mol. The molecule has 0 aromatic carbocycles. The van der Waals surface area contributed by atoms with Crippen molar-refractivity contribution in [2.75, 3.05) is 0 Å². The average molecular weight is 310 g/mol. The average Bonchev–Trinajstić information content (AvgIpc) is 3.26. The third-order valence-corrected chi connectivity index (χ3v) is 4.35. The van der Waals surface area contributed by atoms with Crippen molar-refractivity contribution in [3.05, 3.63) is 53.8 Å². The first-order valence-corrected chi connectivity index (χ1v) is 7.96. The summed E-state index contributed by atoms with van der Waals surface area (Å²) < 4.78 is 4.07. The van der Waals surface area contributed by atoms with Crippen LogP contribution in [0.1, 0.15) is 18.4 Å². The van der Waals surface area contributed by atoms with Gasteiger partial charge in [0.15, 0.2) is 0 Å². The third-order valence-electron chi connectivity index (χ3n) is 3.61. The molecule has 0 bridgehead atoms. The topological polar surface area (TPSA) is 61.4 Å². The molecule has 0 amide bonds. The summed E-state index contributed by atoms with van der Waals surface area (Å²) in [6.45, 7) is 2.98. The molecule has 0 saturated carbocycles. The molecule has 4 aromatic rings. The number of hydrogen-bond donors (Lipinski definition) is 0. The van der Waals surface area contributed by atoms with Gasteiger partial charge in [-0.2, -0.15) is 5.10 Å². The Morgan fingerprint density at radius 1 is 1.18 bits per heavy atom. The smallest absolute Gasteiger partial charge is 0.210 e. The molecular weight excluding hydrogens is 296 g/mol. The normalized spacial score (nSPS) is 11.3. The van der Waals surface area contributed by atoms with Gasteiger partial charge in [-0.25, -0.2) is 14.6 Å².